The van der Waals surface area contributed by atoms with E-state index in [9.17, 15) is 9.18 Å². The van der Waals surface area contributed by atoms with Gasteiger partial charge in [0.25, 0.3) is 5.91 Å². The van der Waals surface area contributed by atoms with Gasteiger partial charge in [0.15, 0.2) is 5.82 Å². The van der Waals surface area contributed by atoms with Crippen LogP contribution in [0.3, 0.4) is 0 Å². The summed E-state index contributed by atoms with van der Waals surface area (Å²) < 4.78 is 21.0. The average molecular weight is 408 g/mol. The van der Waals surface area contributed by atoms with E-state index < -0.39 is 11.7 Å². The smallest absolute Gasteiger partial charge is 0.336 e. The van der Waals surface area contributed by atoms with E-state index >= 15 is 0 Å². The first-order valence-corrected chi connectivity index (χ1v) is 9.83. The predicted molar refractivity (Wildman–Crippen MR) is 110 cm³/mol. The predicted octanol–water partition coefficient (Wildman–Crippen LogP) is 4.79. The van der Waals surface area contributed by atoms with Crippen LogP contribution in [0, 0.1) is 5.82 Å². The standard InChI is InChI=1S/C21H17FN4O2S/c1-2-28-21-24-19(18-11-6-12-29-18)26(25-21)15-8-5-7-14(13-15)23-20(27)16-9-3-4-10-17(16)22/h3-13H,2H2,1H3,(H,23,27). The second kappa shape index (κ2) is 8.24. The Kier molecular flexibility index (Phi) is 5.35. The molecule has 2 heterocycles. The largest absolute Gasteiger partial charge is 0.463 e. The number of carbonyl (C=O) groups is 1. The number of carbonyl (C=O) groups excluding carboxylic acids is 1. The van der Waals surface area contributed by atoms with Crippen LogP contribution in [-0.2, 0) is 0 Å². The number of aromatic nitrogens is 3. The van der Waals surface area contributed by atoms with E-state index in [2.05, 4.69) is 15.4 Å². The van der Waals surface area contributed by atoms with Crippen molar-refractivity contribution < 1.29 is 13.9 Å². The summed E-state index contributed by atoms with van der Waals surface area (Å²) in [5, 5.41) is 9.12. The van der Waals surface area contributed by atoms with Crippen molar-refractivity contribution in [3.05, 3.63) is 77.4 Å². The molecule has 0 aliphatic heterocycles. The molecule has 6 nitrogen and oxygen atoms in total. The fourth-order valence-corrected chi connectivity index (χ4v) is 3.49. The molecule has 4 aromatic rings. The Bertz CT molecular complexity index is 1140. The fraction of sp³-hybridized carbons (Fsp3) is 0.0952. The number of nitrogens with zero attached hydrogens (tertiary/aromatic N) is 3. The Balaban J connectivity index is 1.67. The van der Waals surface area contributed by atoms with Crippen LogP contribution in [0.4, 0.5) is 10.1 Å². The summed E-state index contributed by atoms with van der Waals surface area (Å²) in [6, 6.07) is 17.1. The zero-order valence-corrected chi connectivity index (χ0v) is 16.3. The number of benzene rings is 2. The molecule has 0 aliphatic carbocycles. The van der Waals surface area contributed by atoms with E-state index in [0.717, 1.165) is 4.88 Å². The van der Waals surface area contributed by atoms with Crippen LogP contribution >= 0.6 is 11.3 Å². The molecule has 2 aromatic heterocycles. The lowest BCUT2D eigenvalue weighted by atomic mass is 10.2. The summed E-state index contributed by atoms with van der Waals surface area (Å²) in [6.07, 6.45) is 0. The quantitative estimate of drug-likeness (QED) is 0.498. The molecule has 4 rings (SSSR count). The van der Waals surface area contributed by atoms with E-state index in [-0.39, 0.29) is 11.6 Å². The molecule has 0 saturated carbocycles. The topological polar surface area (TPSA) is 69.0 Å². The highest BCUT2D eigenvalue weighted by atomic mass is 32.1. The van der Waals surface area contributed by atoms with Gasteiger partial charge in [-0.05, 0) is 48.7 Å². The Morgan fingerprint density at radius 3 is 2.79 bits per heavy atom. The van der Waals surface area contributed by atoms with Crippen molar-refractivity contribution in [3.8, 4) is 22.4 Å². The molecule has 29 heavy (non-hydrogen) atoms. The summed E-state index contributed by atoms with van der Waals surface area (Å²) in [5.41, 5.74) is 1.19. The number of rotatable bonds is 6. The summed E-state index contributed by atoms with van der Waals surface area (Å²) in [7, 11) is 0. The van der Waals surface area contributed by atoms with E-state index in [0.29, 0.717) is 23.8 Å². The van der Waals surface area contributed by atoms with Gasteiger partial charge >= 0.3 is 6.01 Å². The van der Waals surface area contributed by atoms with Crippen LogP contribution in [0.2, 0.25) is 0 Å². The number of nitrogens with one attached hydrogen (secondary N) is 1. The third-order valence-electron chi connectivity index (χ3n) is 4.07. The van der Waals surface area contributed by atoms with Crippen molar-refractivity contribution in [3.63, 3.8) is 0 Å². The highest BCUT2D eigenvalue weighted by Gasteiger charge is 2.16. The Morgan fingerprint density at radius 1 is 1.17 bits per heavy atom. The number of amides is 1. The molecule has 8 heteroatoms. The SMILES string of the molecule is CCOc1nc(-c2cccs2)n(-c2cccc(NC(=O)c3ccccc3F)c2)n1. The van der Waals surface area contributed by atoms with Gasteiger partial charge in [-0.15, -0.1) is 16.4 Å². The number of anilines is 1. The zero-order chi connectivity index (χ0) is 20.2. The van der Waals surface area contributed by atoms with E-state index in [1.807, 2.05) is 30.5 Å². The molecule has 0 saturated heterocycles. The second-order valence-corrected chi connectivity index (χ2v) is 6.97. The van der Waals surface area contributed by atoms with Gasteiger partial charge in [0, 0.05) is 5.69 Å². The minimum atomic E-state index is -0.571. The highest BCUT2D eigenvalue weighted by molar-refractivity contribution is 7.13. The number of ether oxygens (including phenoxy) is 1. The van der Waals surface area contributed by atoms with Gasteiger partial charge in [0.1, 0.15) is 5.82 Å². The van der Waals surface area contributed by atoms with Crippen LogP contribution < -0.4 is 10.1 Å². The van der Waals surface area contributed by atoms with Crippen molar-refractivity contribution >= 4 is 22.9 Å². The monoisotopic (exact) mass is 408 g/mol. The van der Waals surface area contributed by atoms with Crippen LogP contribution in [0.5, 0.6) is 6.01 Å². The van der Waals surface area contributed by atoms with Crippen molar-refractivity contribution in [1.82, 2.24) is 14.8 Å². The molecular weight excluding hydrogens is 391 g/mol. The minimum Gasteiger partial charge on any atom is -0.463 e. The summed E-state index contributed by atoms with van der Waals surface area (Å²) >= 11 is 1.54. The molecular formula is C21H17FN4O2S. The maximum absolute atomic E-state index is 13.9. The van der Waals surface area contributed by atoms with Gasteiger partial charge in [-0.2, -0.15) is 4.98 Å². The number of thiophene rings is 1. The molecule has 0 radical (unpaired) electrons. The molecule has 0 fully saturated rings. The molecule has 1 N–H and O–H groups in total. The lowest BCUT2D eigenvalue weighted by Gasteiger charge is -2.09. The maximum atomic E-state index is 13.9. The van der Waals surface area contributed by atoms with Crippen molar-refractivity contribution in [2.75, 3.05) is 11.9 Å². The zero-order valence-electron chi connectivity index (χ0n) is 15.5. The van der Waals surface area contributed by atoms with Gasteiger partial charge in [-0.3, -0.25) is 4.79 Å². The number of hydrogen-bond donors (Lipinski definition) is 1. The van der Waals surface area contributed by atoms with Crippen LogP contribution in [0.25, 0.3) is 16.4 Å². The first kappa shape index (κ1) is 18.8. The molecule has 2 aromatic carbocycles. The minimum absolute atomic E-state index is 0.0171. The first-order valence-electron chi connectivity index (χ1n) is 8.95. The fourth-order valence-electron chi connectivity index (χ4n) is 2.79. The maximum Gasteiger partial charge on any atom is 0.336 e. The molecule has 0 unspecified atom stereocenters. The van der Waals surface area contributed by atoms with Gasteiger partial charge in [-0.1, -0.05) is 24.3 Å². The highest BCUT2D eigenvalue weighted by Crippen LogP contribution is 2.28. The van der Waals surface area contributed by atoms with E-state index in [4.69, 9.17) is 4.74 Å². The van der Waals surface area contributed by atoms with Gasteiger partial charge in [-0.25, -0.2) is 9.07 Å². The number of halogens is 1. The first-order chi connectivity index (χ1) is 14.2. The van der Waals surface area contributed by atoms with Crippen molar-refractivity contribution in [1.29, 1.82) is 0 Å². The van der Waals surface area contributed by atoms with Crippen LogP contribution in [-0.4, -0.2) is 27.3 Å². The Labute approximate surface area is 170 Å². The van der Waals surface area contributed by atoms with Crippen molar-refractivity contribution in [2.45, 2.75) is 6.92 Å². The van der Waals surface area contributed by atoms with Gasteiger partial charge < -0.3 is 10.1 Å². The van der Waals surface area contributed by atoms with E-state index in [1.54, 1.807) is 35.0 Å². The molecule has 1 amide bonds. The Hall–Kier alpha value is -3.52. The molecule has 0 aliphatic rings. The summed E-state index contributed by atoms with van der Waals surface area (Å²) in [5.74, 6) is -0.452. The Morgan fingerprint density at radius 2 is 2.03 bits per heavy atom. The molecule has 146 valence electrons. The molecule has 0 bridgehead atoms. The third kappa shape index (κ3) is 4.02. The normalized spacial score (nSPS) is 10.7. The van der Waals surface area contributed by atoms with Crippen molar-refractivity contribution in [2.24, 2.45) is 0 Å². The second-order valence-electron chi connectivity index (χ2n) is 6.02. The lowest BCUT2D eigenvalue weighted by Crippen LogP contribution is -2.14. The van der Waals surface area contributed by atoms with Crippen LogP contribution in [0.1, 0.15) is 17.3 Å². The average Bonchev–Trinajstić information content (AvgIpc) is 3.38. The lowest BCUT2D eigenvalue weighted by molar-refractivity contribution is 0.102. The third-order valence-corrected chi connectivity index (χ3v) is 4.94. The molecule has 0 spiro atoms. The summed E-state index contributed by atoms with van der Waals surface area (Å²) in [6.45, 7) is 2.32. The van der Waals surface area contributed by atoms with E-state index in [1.165, 1.54) is 23.5 Å². The van der Waals surface area contributed by atoms with Gasteiger partial charge in [0.2, 0.25) is 0 Å². The number of hydrogen-bond acceptors (Lipinski definition) is 5. The molecule has 0 atom stereocenters. The van der Waals surface area contributed by atoms with Gasteiger partial charge in [0.05, 0.1) is 22.7 Å². The van der Waals surface area contributed by atoms with Crippen LogP contribution in [0.15, 0.2) is 66.0 Å². The summed E-state index contributed by atoms with van der Waals surface area (Å²) in [4.78, 5) is 17.8.